The molecular weight excluding hydrogens is 323 g/mol. The van der Waals surface area contributed by atoms with E-state index in [4.69, 9.17) is 0 Å². The van der Waals surface area contributed by atoms with Crippen LogP contribution in [0.5, 0.6) is 0 Å². The van der Waals surface area contributed by atoms with E-state index in [-0.39, 0.29) is 6.04 Å². The summed E-state index contributed by atoms with van der Waals surface area (Å²) in [4.78, 5) is 24.2. The molecule has 6 heteroatoms. The van der Waals surface area contributed by atoms with Crippen LogP contribution in [-0.4, -0.2) is 21.6 Å². The third-order valence-electron chi connectivity index (χ3n) is 4.28. The fourth-order valence-electron chi connectivity index (χ4n) is 3.15. The predicted molar refractivity (Wildman–Crippen MR) is 93.3 cm³/mol. The lowest BCUT2D eigenvalue weighted by Crippen LogP contribution is -2.34. The Morgan fingerprint density at radius 1 is 1.16 bits per heavy atom. The third kappa shape index (κ3) is 3.73. The Bertz CT molecular complexity index is 824. The van der Waals surface area contributed by atoms with E-state index >= 15 is 0 Å². The average molecular weight is 346 g/mol. The molecule has 1 aromatic carbocycles. The maximum absolute atomic E-state index is 13.4. The van der Waals surface area contributed by atoms with Gasteiger partial charge in [0.25, 0.3) is 5.91 Å². The normalized spacial score (nSPS) is 12.3. The van der Waals surface area contributed by atoms with Crippen molar-refractivity contribution in [2.75, 3.05) is 0 Å². The standard InChI is InChI=1S/C19H23FN2O3/c1-10(2)22-12(4)9-15(13(22)5)18(23)21-17(19(24)25)14-6-7-16(20)11(3)8-14/h6-10,17H,1-5H3,(H,21,23)(H,24,25). The minimum atomic E-state index is -1.24. The third-order valence-corrected chi connectivity index (χ3v) is 4.28. The van der Waals surface area contributed by atoms with E-state index in [1.54, 1.807) is 13.0 Å². The highest BCUT2D eigenvalue weighted by Crippen LogP contribution is 2.22. The molecule has 0 saturated heterocycles. The van der Waals surface area contributed by atoms with Gasteiger partial charge in [-0.25, -0.2) is 9.18 Å². The van der Waals surface area contributed by atoms with E-state index < -0.39 is 23.7 Å². The van der Waals surface area contributed by atoms with Crippen LogP contribution in [0.15, 0.2) is 24.3 Å². The first-order valence-corrected chi connectivity index (χ1v) is 8.11. The Balaban J connectivity index is 2.34. The smallest absolute Gasteiger partial charge is 0.330 e. The molecule has 2 N–H and O–H groups in total. The molecule has 0 aliphatic carbocycles. The van der Waals surface area contributed by atoms with Crippen LogP contribution in [0.1, 0.15) is 58.8 Å². The summed E-state index contributed by atoms with van der Waals surface area (Å²) in [5.41, 5.74) is 2.82. The van der Waals surface area contributed by atoms with Gasteiger partial charge in [-0.15, -0.1) is 0 Å². The lowest BCUT2D eigenvalue weighted by atomic mass is 10.0. The summed E-state index contributed by atoms with van der Waals surface area (Å²) in [7, 11) is 0. The van der Waals surface area contributed by atoms with Crippen molar-refractivity contribution in [1.82, 2.24) is 9.88 Å². The first-order chi connectivity index (χ1) is 11.6. The summed E-state index contributed by atoms with van der Waals surface area (Å²) in [6.45, 7) is 9.32. The number of rotatable bonds is 5. The van der Waals surface area contributed by atoms with Crippen molar-refractivity contribution >= 4 is 11.9 Å². The van der Waals surface area contributed by atoms with Gasteiger partial charge in [-0.05, 0) is 57.9 Å². The molecule has 2 aromatic rings. The van der Waals surface area contributed by atoms with Crippen molar-refractivity contribution in [3.05, 3.63) is 58.2 Å². The largest absolute Gasteiger partial charge is 0.479 e. The van der Waals surface area contributed by atoms with Crippen molar-refractivity contribution < 1.29 is 19.1 Å². The van der Waals surface area contributed by atoms with Crippen LogP contribution in [-0.2, 0) is 4.79 Å². The molecule has 1 amide bonds. The molecule has 0 saturated carbocycles. The van der Waals surface area contributed by atoms with Crippen LogP contribution in [0, 0.1) is 26.6 Å². The second-order valence-electron chi connectivity index (χ2n) is 6.50. The number of nitrogens with zero attached hydrogens (tertiary/aromatic N) is 1. The summed E-state index contributed by atoms with van der Waals surface area (Å²) in [6, 6.07) is 4.71. The van der Waals surface area contributed by atoms with E-state index in [1.807, 2.05) is 32.3 Å². The molecule has 2 rings (SSSR count). The highest BCUT2D eigenvalue weighted by molar-refractivity contribution is 5.98. The zero-order chi connectivity index (χ0) is 18.9. The van der Waals surface area contributed by atoms with Gasteiger partial charge in [0.2, 0.25) is 0 Å². The van der Waals surface area contributed by atoms with Crippen LogP contribution in [0.4, 0.5) is 4.39 Å². The average Bonchev–Trinajstić information content (AvgIpc) is 2.82. The minimum absolute atomic E-state index is 0.191. The molecule has 1 heterocycles. The lowest BCUT2D eigenvalue weighted by Gasteiger charge is -2.17. The predicted octanol–water partition coefficient (Wildman–Crippen LogP) is 3.69. The Morgan fingerprint density at radius 2 is 1.80 bits per heavy atom. The summed E-state index contributed by atoms with van der Waals surface area (Å²) in [5.74, 6) is -2.08. The number of nitrogens with one attached hydrogen (secondary N) is 1. The molecule has 1 atom stereocenters. The number of carboxylic acid groups (broad SMARTS) is 1. The SMILES string of the molecule is Cc1cc(C(NC(=O)c2cc(C)n(C(C)C)c2C)C(=O)O)ccc1F. The molecule has 5 nitrogen and oxygen atoms in total. The van der Waals surface area contributed by atoms with Crippen molar-refractivity contribution in [3.8, 4) is 0 Å². The van der Waals surface area contributed by atoms with Crippen LogP contribution in [0.2, 0.25) is 0 Å². The lowest BCUT2D eigenvalue weighted by molar-refractivity contribution is -0.139. The highest BCUT2D eigenvalue weighted by Gasteiger charge is 2.25. The van der Waals surface area contributed by atoms with Gasteiger partial charge in [0.05, 0.1) is 5.56 Å². The number of carbonyl (C=O) groups excluding carboxylic acids is 1. The van der Waals surface area contributed by atoms with E-state index in [9.17, 15) is 19.1 Å². The number of benzene rings is 1. The summed E-state index contributed by atoms with van der Waals surface area (Å²) in [5, 5.41) is 12.0. The summed E-state index contributed by atoms with van der Waals surface area (Å²) < 4.78 is 15.4. The van der Waals surface area contributed by atoms with Gasteiger partial charge in [-0.3, -0.25) is 4.79 Å². The fourth-order valence-corrected chi connectivity index (χ4v) is 3.15. The Labute approximate surface area is 146 Å². The number of halogens is 1. The van der Waals surface area contributed by atoms with E-state index in [0.717, 1.165) is 11.4 Å². The number of hydrogen-bond donors (Lipinski definition) is 2. The maximum atomic E-state index is 13.4. The number of aryl methyl sites for hydroxylation is 2. The molecular formula is C19H23FN2O3. The zero-order valence-electron chi connectivity index (χ0n) is 15.1. The first kappa shape index (κ1) is 18.7. The van der Waals surface area contributed by atoms with Gasteiger partial charge in [0.1, 0.15) is 5.82 Å². The second kappa shape index (κ2) is 7.09. The molecule has 1 aromatic heterocycles. The van der Waals surface area contributed by atoms with Crippen molar-refractivity contribution in [2.45, 2.75) is 46.7 Å². The van der Waals surface area contributed by atoms with Crippen molar-refractivity contribution in [3.63, 3.8) is 0 Å². The molecule has 25 heavy (non-hydrogen) atoms. The van der Waals surface area contributed by atoms with Gasteiger partial charge in [-0.2, -0.15) is 0 Å². The number of carboxylic acids is 1. The summed E-state index contributed by atoms with van der Waals surface area (Å²) in [6.07, 6.45) is 0. The molecule has 0 radical (unpaired) electrons. The zero-order valence-corrected chi connectivity index (χ0v) is 15.1. The Morgan fingerprint density at radius 3 is 2.28 bits per heavy atom. The van der Waals surface area contributed by atoms with Gasteiger partial charge in [0, 0.05) is 17.4 Å². The molecule has 134 valence electrons. The number of aromatic nitrogens is 1. The Hall–Kier alpha value is -2.63. The maximum Gasteiger partial charge on any atom is 0.330 e. The quantitative estimate of drug-likeness (QED) is 0.867. The number of carbonyl (C=O) groups is 2. The van der Waals surface area contributed by atoms with E-state index in [2.05, 4.69) is 5.32 Å². The van der Waals surface area contributed by atoms with Gasteiger partial charge in [0.15, 0.2) is 6.04 Å². The Kier molecular flexibility index (Phi) is 5.30. The number of hydrogen-bond acceptors (Lipinski definition) is 2. The first-order valence-electron chi connectivity index (χ1n) is 8.11. The van der Waals surface area contributed by atoms with Gasteiger partial charge < -0.3 is 15.0 Å². The van der Waals surface area contributed by atoms with Gasteiger partial charge >= 0.3 is 5.97 Å². The molecule has 0 aliphatic heterocycles. The molecule has 0 bridgehead atoms. The van der Waals surface area contributed by atoms with Crippen LogP contribution in [0.3, 0.4) is 0 Å². The van der Waals surface area contributed by atoms with Crippen LogP contribution < -0.4 is 5.32 Å². The molecule has 1 unspecified atom stereocenters. The fraction of sp³-hybridized carbons (Fsp3) is 0.368. The van der Waals surface area contributed by atoms with Crippen molar-refractivity contribution in [2.24, 2.45) is 0 Å². The monoisotopic (exact) mass is 346 g/mol. The second-order valence-corrected chi connectivity index (χ2v) is 6.50. The molecule has 0 aliphatic rings. The minimum Gasteiger partial charge on any atom is -0.479 e. The van der Waals surface area contributed by atoms with E-state index in [0.29, 0.717) is 16.7 Å². The highest BCUT2D eigenvalue weighted by atomic mass is 19.1. The van der Waals surface area contributed by atoms with Crippen LogP contribution in [0.25, 0.3) is 0 Å². The number of aliphatic carboxylic acids is 1. The van der Waals surface area contributed by atoms with E-state index in [1.165, 1.54) is 18.2 Å². The topological polar surface area (TPSA) is 71.3 Å². The molecule has 0 spiro atoms. The van der Waals surface area contributed by atoms with Crippen LogP contribution >= 0.6 is 0 Å². The van der Waals surface area contributed by atoms with Gasteiger partial charge in [-0.1, -0.05) is 12.1 Å². The summed E-state index contributed by atoms with van der Waals surface area (Å²) >= 11 is 0. The molecule has 0 fully saturated rings. The number of amides is 1. The van der Waals surface area contributed by atoms with Crippen molar-refractivity contribution in [1.29, 1.82) is 0 Å².